The Kier molecular flexibility index (Phi) is 11.1. The van der Waals surface area contributed by atoms with Crippen molar-refractivity contribution in [3.05, 3.63) is 30.3 Å². The third kappa shape index (κ3) is 21.0. The second-order valence-corrected chi connectivity index (χ2v) is 2.43. The van der Waals surface area contributed by atoms with E-state index in [2.05, 4.69) is 4.74 Å². The van der Waals surface area contributed by atoms with Gasteiger partial charge in [-0.25, -0.2) is 14.4 Å². The maximum absolute atomic E-state index is 10.5. The zero-order valence-electron chi connectivity index (χ0n) is 9.72. The van der Waals surface area contributed by atoms with Gasteiger partial charge in [0.2, 0.25) is 0 Å². The second kappa shape index (κ2) is 11.5. The van der Waals surface area contributed by atoms with E-state index in [1.54, 1.807) is 24.3 Å². The number of hydrogen-bond acceptors (Lipinski definition) is 5. The van der Waals surface area contributed by atoms with Crippen LogP contribution in [0.5, 0.6) is 5.75 Å². The zero-order valence-corrected chi connectivity index (χ0v) is 9.72. The van der Waals surface area contributed by atoms with Crippen LogP contribution in [0.2, 0.25) is 0 Å². The molecular formula is C10H12O9. The van der Waals surface area contributed by atoms with E-state index in [0.29, 0.717) is 5.75 Å². The Labute approximate surface area is 107 Å². The van der Waals surface area contributed by atoms with Crippen LogP contribution in [0.15, 0.2) is 30.3 Å². The molecule has 0 atom stereocenters. The maximum Gasteiger partial charge on any atom is 0.513 e. The number of benzene rings is 1. The number of hydrogen-bond donors (Lipinski definition) is 4. The fourth-order valence-corrected chi connectivity index (χ4v) is 0.626. The van der Waals surface area contributed by atoms with Crippen LogP contribution in [0, 0.1) is 0 Å². The Balaban J connectivity index is 0. The van der Waals surface area contributed by atoms with E-state index >= 15 is 0 Å². The minimum atomic E-state index is -1.83. The summed E-state index contributed by atoms with van der Waals surface area (Å²) < 4.78 is 9.00. The maximum atomic E-state index is 10.5. The van der Waals surface area contributed by atoms with Gasteiger partial charge in [0.25, 0.3) is 0 Å². The van der Waals surface area contributed by atoms with Gasteiger partial charge in [0.05, 0.1) is 7.11 Å². The fourth-order valence-electron chi connectivity index (χ4n) is 0.626. The van der Waals surface area contributed by atoms with Crippen molar-refractivity contribution in [2.24, 2.45) is 0 Å². The average molecular weight is 276 g/mol. The standard InChI is InChI=1S/C8H8O3.2CH2O3/c1-10-8(9)11-7-5-3-2-4-6-7;2*2-1(3)4/h2-6H,1H3;2*(H2,2,3,4). The van der Waals surface area contributed by atoms with Crippen molar-refractivity contribution in [1.29, 1.82) is 0 Å². The summed E-state index contributed by atoms with van der Waals surface area (Å²) in [5.41, 5.74) is 0. The topological polar surface area (TPSA) is 151 Å². The normalized spacial score (nSPS) is 7.63. The van der Waals surface area contributed by atoms with Gasteiger partial charge in [-0.2, -0.15) is 0 Å². The van der Waals surface area contributed by atoms with E-state index in [1.807, 2.05) is 6.07 Å². The van der Waals surface area contributed by atoms with Crippen LogP contribution in [0.25, 0.3) is 0 Å². The first-order chi connectivity index (χ1) is 8.79. The summed E-state index contributed by atoms with van der Waals surface area (Å²) in [6.45, 7) is 0. The monoisotopic (exact) mass is 276 g/mol. The summed E-state index contributed by atoms with van der Waals surface area (Å²) in [4.78, 5) is 27.6. The van der Waals surface area contributed by atoms with Gasteiger partial charge >= 0.3 is 18.5 Å². The lowest BCUT2D eigenvalue weighted by Crippen LogP contribution is -2.06. The lowest BCUT2D eigenvalue weighted by Gasteiger charge is -1.99. The SMILES string of the molecule is COC(=O)Oc1ccccc1.O=C(O)O.O=C(O)O. The van der Waals surface area contributed by atoms with Gasteiger partial charge in [-0.3, -0.25) is 0 Å². The number of carbonyl (C=O) groups is 3. The highest BCUT2D eigenvalue weighted by Gasteiger charge is 2.00. The molecule has 0 radical (unpaired) electrons. The number of ether oxygens (including phenoxy) is 2. The summed E-state index contributed by atoms with van der Waals surface area (Å²) in [5.74, 6) is 0.486. The Morgan fingerprint density at radius 3 is 1.58 bits per heavy atom. The van der Waals surface area contributed by atoms with E-state index < -0.39 is 18.5 Å². The number of carbonyl (C=O) groups excluding carboxylic acids is 1. The predicted octanol–water partition coefficient (Wildman–Crippen LogP) is 2.28. The molecule has 4 N–H and O–H groups in total. The molecule has 1 aromatic carbocycles. The Bertz CT molecular complexity index is 367. The summed E-state index contributed by atoms with van der Waals surface area (Å²) in [6, 6.07) is 8.74. The van der Waals surface area contributed by atoms with Gasteiger partial charge in [-0.05, 0) is 12.1 Å². The van der Waals surface area contributed by atoms with Crippen LogP contribution in [0.3, 0.4) is 0 Å². The smallest absolute Gasteiger partial charge is 0.450 e. The first-order valence-corrected chi connectivity index (χ1v) is 4.44. The molecule has 0 fully saturated rings. The third-order valence-electron chi connectivity index (χ3n) is 1.11. The average Bonchev–Trinajstić information content (AvgIpc) is 2.28. The molecule has 0 aliphatic rings. The summed E-state index contributed by atoms with van der Waals surface area (Å²) in [5, 5.41) is 27.9. The molecule has 0 amide bonds. The van der Waals surface area contributed by atoms with Crippen molar-refractivity contribution in [3.8, 4) is 5.75 Å². The zero-order chi connectivity index (χ0) is 15.3. The molecule has 9 nitrogen and oxygen atoms in total. The molecule has 1 aromatic rings. The molecule has 9 heteroatoms. The van der Waals surface area contributed by atoms with Gasteiger partial charge < -0.3 is 29.9 Å². The van der Waals surface area contributed by atoms with Crippen molar-refractivity contribution in [2.45, 2.75) is 0 Å². The number of para-hydroxylation sites is 1. The van der Waals surface area contributed by atoms with Crippen LogP contribution in [-0.4, -0.2) is 46.0 Å². The molecule has 19 heavy (non-hydrogen) atoms. The van der Waals surface area contributed by atoms with Gasteiger partial charge in [-0.15, -0.1) is 0 Å². The molecule has 0 saturated heterocycles. The van der Waals surface area contributed by atoms with Crippen molar-refractivity contribution >= 4 is 18.5 Å². The van der Waals surface area contributed by atoms with E-state index in [1.165, 1.54) is 7.11 Å². The van der Waals surface area contributed by atoms with Crippen LogP contribution in [0.1, 0.15) is 0 Å². The highest BCUT2D eigenvalue weighted by atomic mass is 16.7. The number of rotatable bonds is 1. The highest BCUT2D eigenvalue weighted by molar-refractivity contribution is 5.63. The van der Waals surface area contributed by atoms with Crippen LogP contribution >= 0.6 is 0 Å². The number of methoxy groups -OCH3 is 1. The van der Waals surface area contributed by atoms with Gasteiger partial charge in [-0.1, -0.05) is 18.2 Å². The first-order valence-electron chi connectivity index (χ1n) is 4.44. The molecular weight excluding hydrogens is 264 g/mol. The largest absolute Gasteiger partial charge is 0.513 e. The molecule has 1 rings (SSSR count). The first kappa shape index (κ1) is 18.4. The van der Waals surface area contributed by atoms with Crippen molar-refractivity contribution in [3.63, 3.8) is 0 Å². The third-order valence-corrected chi connectivity index (χ3v) is 1.11. The lowest BCUT2D eigenvalue weighted by atomic mass is 10.3. The predicted molar refractivity (Wildman–Crippen MR) is 60.8 cm³/mol. The molecule has 0 bridgehead atoms. The quantitative estimate of drug-likeness (QED) is 0.447. The summed E-state index contributed by atoms with van der Waals surface area (Å²) >= 11 is 0. The van der Waals surface area contributed by atoms with E-state index in [-0.39, 0.29) is 0 Å². The number of carboxylic acid groups (broad SMARTS) is 4. The van der Waals surface area contributed by atoms with Crippen LogP contribution in [-0.2, 0) is 4.74 Å². The second-order valence-electron chi connectivity index (χ2n) is 2.43. The van der Waals surface area contributed by atoms with E-state index in [0.717, 1.165) is 0 Å². The lowest BCUT2D eigenvalue weighted by molar-refractivity contribution is 0.121. The van der Waals surface area contributed by atoms with Crippen molar-refractivity contribution in [1.82, 2.24) is 0 Å². The van der Waals surface area contributed by atoms with Gasteiger partial charge in [0.1, 0.15) is 5.75 Å². The van der Waals surface area contributed by atoms with Crippen molar-refractivity contribution < 1.29 is 44.3 Å². The Hall–Kier alpha value is -2.97. The van der Waals surface area contributed by atoms with Gasteiger partial charge in [0.15, 0.2) is 0 Å². The fraction of sp³-hybridized carbons (Fsp3) is 0.100. The molecule has 0 aromatic heterocycles. The van der Waals surface area contributed by atoms with Crippen LogP contribution < -0.4 is 4.74 Å². The van der Waals surface area contributed by atoms with E-state index in [4.69, 9.17) is 34.8 Å². The van der Waals surface area contributed by atoms with Crippen LogP contribution in [0.4, 0.5) is 14.4 Å². The summed E-state index contributed by atoms with van der Waals surface area (Å²) in [6.07, 6.45) is -4.36. The molecule has 106 valence electrons. The Morgan fingerprint density at radius 1 is 0.895 bits per heavy atom. The van der Waals surface area contributed by atoms with Crippen molar-refractivity contribution in [2.75, 3.05) is 7.11 Å². The molecule has 0 unspecified atom stereocenters. The summed E-state index contributed by atoms with van der Waals surface area (Å²) in [7, 11) is 1.27. The van der Waals surface area contributed by atoms with E-state index in [9.17, 15) is 4.79 Å². The molecule has 0 saturated carbocycles. The highest BCUT2D eigenvalue weighted by Crippen LogP contribution is 2.08. The Morgan fingerprint density at radius 2 is 1.26 bits per heavy atom. The minimum Gasteiger partial charge on any atom is -0.450 e. The molecule has 0 heterocycles. The minimum absolute atomic E-state index is 0.486. The molecule has 0 aliphatic carbocycles. The van der Waals surface area contributed by atoms with Gasteiger partial charge in [0, 0.05) is 0 Å². The molecule has 0 aliphatic heterocycles. The molecule has 0 spiro atoms.